The van der Waals surface area contributed by atoms with Gasteiger partial charge in [0, 0.05) is 0 Å². The molecule has 0 amide bonds. The lowest BCUT2D eigenvalue weighted by Gasteiger charge is -2.07. The van der Waals surface area contributed by atoms with Crippen molar-refractivity contribution in [3.05, 3.63) is 30.1 Å². The Bertz CT molecular complexity index is 478. The summed E-state index contributed by atoms with van der Waals surface area (Å²) in [5, 5.41) is 4.19. The van der Waals surface area contributed by atoms with Gasteiger partial charge in [-0.2, -0.15) is 9.67 Å². The van der Waals surface area contributed by atoms with Gasteiger partial charge in [0.25, 0.3) is 0 Å². The van der Waals surface area contributed by atoms with E-state index in [0.717, 1.165) is 5.69 Å². The van der Waals surface area contributed by atoms with Crippen LogP contribution in [0.25, 0.3) is 5.69 Å². The van der Waals surface area contributed by atoms with Crippen molar-refractivity contribution in [1.82, 2.24) is 14.8 Å². The topological polar surface area (TPSA) is 66.0 Å². The van der Waals surface area contributed by atoms with E-state index in [-0.39, 0.29) is 0 Å². The predicted molar refractivity (Wildman–Crippen MR) is 57.1 cm³/mol. The number of nitrogen functional groups attached to an aromatic ring is 1. The number of nitrogens with zero attached hydrogens (tertiary/aromatic N) is 3. The molecule has 0 radical (unpaired) electrons. The number of aryl methyl sites for hydroxylation is 1. The van der Waals surface area contributed by atoms with Crippen molar-refractivity contribution in [2.24, 2.45) is 0 Å². The highest BCUT2D eigenvalue weighted by Gasteiger charge is 2.09. The van der Waals surface area contributed by atoms with Crippen LogP contribution in [0.3, 0.4) is 0 Å². The van der Waals surface area contributed by atoms with Crippen LogP contribution in [-0.2, 0) is 0 Å². The molecule has 1 heterocycles. The van der Waals surface area contributed by atoms with Crippen molar-refractivity contribution < 1.29 is 4.74 Å². The summed E-state index contributed by atoms with van der Waals surface area (Å²) in [6, 6.07) is 7.52. The minimum atomic E-state index is 0.358. The number of hydrogen-bond acceptors (Lipinski definition) is 4. The van der Waals surface area contributed by atoms with Gasteiger partial charge in [0.05, 0.1) is 7.11 Å². The first-order chi connectivity index (χ1) is 7.22. The fourth-order valence-corrected chi connectivity index (χ4v) is 1.41. The van der Waals surface area contributed by atoms with Crippen LogP contribution in [0.2, 0.25) is 0 Å². The quantitative estimate of drug-likeness (QED) is 0.797. The second-order valence-electron chi connectivity index (χ2n) is 3.10. The van der Waals surface area contributed by atoms with Crippen LogP contribution in [0.4, 0.5) is 5.95 Å². The van der Waals surface area contributed by atoms with Gasteiger partial charge in [-0.15, -0.1) is 5.10 Å². The molecular formula is C10H12N4O. The number of aromatic nitrogens is 3. The summed E-state index contributed by atoms with van der Waals surface area (Å²) in [5.41, 5.74) is 6.52. The molecule has 78 valence electrons. The minimum absolute atomic E-state index is 0.358. The van der Waals surface area contributed by atoms with E-state index in [1.807, 2.05) is 24.3 Å². The Labute approximate surface area is 87.5 Å². The average Bonchev–Trinajstić information content (AvgIpc) is 2.57. The van der Waals surface area contributed by atoms with Crippen LogP contribution >= 0.6 is 0 Å². The summed E-state index contributed by atoms with van der Waals surface area (Å²) in [5.74, 6) is 1.71. The van der Waals surface area contributed by atoms with E-state index in [2.05, 4.69) is 10.1 Å². The maximum absolute atomic E-state index is 5.73. The van der Waals surface area contributed by atoms with Crippen LogP contribution in [0.5, 0.6) is 5.75 Å². The zero-order valence-electron chi connectivity index (χ0n) is 8.64. The molecule has 0 spiro atoms. The third-order valence-corrected chi connectivity index (χ3v) is 2.05. The highest BCUT2D eigenvalue weighted by Crippen LogP contribution is 2.22. The molecule has 0 aliphatic heterocycles. The number of methoxy groups -OCH3 is 1. The molecule has 0 bridgehead atoms. The first kappa shape index (κ1) is 9.51. The van der Waals surface area contributed by atoms with E-state index < -0.39 is 0 Å². The monoisotopic (exact) mass is 204 g/mol. The molecule has 15 heavy (non-hydrogen) atoms. The summed E-state index contributed by atoms with van der Waals surface area (Å²) in [6.45, 7) is 1.79. The Hall–Kier alpha value is -2.04. The van der Waals surface area contributed by atoms with E-state index in [4.69, 9.17) is 10.5 Å². The van der Waals surface area contributed by atoms with Gasteiger partial charge >= 0.3 is 0 Å². The van der Waals surface area contributed by atoms with Gasteiger partial charge in [0.1, 0.15) is 17.3 Å². The van der Waals surface area contributed by atoms with Crippen molar-refractivity contribution in [3.8, 4) is 11.4 Å². The third-order valence-electron chi connectivity index (χ3n) is 2.05. The first-order valence-electron chi connectivity index (χ1n) is 4.55. The standard InChI is InChI=1S/C10H12N4O/c1-7-12-10(11)14(13-7)8-5-3-4-6-9(8)15-2/h3-6H,1-2H3,(H2,11,12,13). The molecule has 0 saturated heterocycles. The molecule has 1 aromatic heterocycles. The number of hydrogen-bond donors (Lipinski definition) is 1. The van der Waals surface area contributed by atoms with Crippen molar-refractivity contribution in [1.29, 1.82) is 0 Å². The number of anilines is 1. The van der Waals surface area contributed by atoms with E-state index in [1.54, 1.807) is 18.7 Å². The molecule has 2 N–H and O–H groups in total. The van der Waals surface area contributed by atoms with Gasteiger partial charge in [0.2, 0.25) is 5.95 Å². The molecule has 0 aliphatic rings. The molecular weight excluding hydrogens is 192 g/mol. The summed E-state index contributed by atoms with van der Waals surface area (Å²) >= 11 is 0. The molecule has 5 heteroatoms. The number of benzene rings is 1. The molecule has 2 aromatic rings. The third kappa shape index (κ3) is 1.63. The summed E-state index contributed by atoms with van der Waals surface area (Å²) in [7, 11) is 1.61. The van der Waals surface area contributed by atoms with Gasteiger partial charge in [-0.05, 0) is 19.1 Å². The predicted octanol–water partition coefficient (Wildman–Crippen LogP) is 1.17. The van der Waals surface area contributed by atoms with Crippen molar-refractivity contribution >= 4 is 5.95 Å². The van der Waals surface area contributed by atoms with Gasteiger partial charge in [-0.3, -0.25) is 0 Å². The lowest BCUT2D eigenvalue weighted by molar-refractivity contribution is 0.412. The van der Waals surface area contributed by atoms with E-state index >= 15 is 0 Å². The lowest BCUT2D eigenvalue weighted by Crippen LogP contribution is -2.04. The van der Waals surface area contributed by atoms with Gasteiger partial charge < -0.3 is 10.5 Å². The number of para-hydroxylation sites is 2. The molecule has 0 atom stereocenters. The smallest absolute Gasteiger partial charge is 0.223 e. The van der Waals surface area contributed by atoms with Crippen molar-refractivity contribution in [2.45, 2.75) is 6.92 Å². The second-order valence-corrected chi connectivity index (χ2v) is 3.10. The molecule has 0 unspecified atom stereocenters. The van der Waals surface area contributed by atoms with Gasteiger partial charge in [-0.1, -0.05) is 12.1 Å². The fraction of sp³-hybridized carbons (Fsp3) is 0.200. The molecule has 5 nitrogen and oxygen atoms in total. The van der Waals surface area contributed by atoms with E-state index in [1.165, 1.54) is 0 Å². The Morgan fingerprint density at radius 2 is 2.07 bits per heavy atom. The highest BCUT2D eigenvalue weighted by atomic mass is 16.5. The fourth-order valence-electron chi connectivity index (χ4n) is 1.41. The lowest BCUT2D eigenvalue weighted by atomic mass is 10.3. The number of ether oxygens (including phenoxy) is 1. The van der Waals surface area contributed by atoms with E-state index in [0.29, 0.717) is 17.5 Å². The molecule has 1 aromatic carbocycles. The van der Waals surface area contributed by atoms with Crippen molar-refractivity contribution in [2.75, 3.05) is 12.8 Å². The van der Waals surface area contributed by atoms with Crippen LogP contribution in [0.15, 0.2) is 24.3 Å². The molecule has 0 aliphatic carbocycles. The van der Waals surface area contributed by atoms with Gasteiger partial charge in [0.15, 0.2) is 0 Å². The van der Waals surface area contributed by atoms with E-state index in [9.17, 15) is 0 Å². The normalized spacial score (nSPS) is 10.3. The molecule has 2 rings (SSSR count). The highest BCUT2D eigenvalue weighted by molar-refractivity contribution is 5.48. The SMILES string of the molecule is COc1ccccc1-n1nc(C)nc1N. The number of nitrogens with two attached hydrogens (primary N) is 1. The zero-order chi connectivity index (χ0) is 10.8. The Morgan fingerprint density at radius 1 is 1.33 bits per heavy atom. The Morgan fingerprint density at radius 3 is 2.67 bits per heavy atom. The summed E-state index contributed by atoms with van der Waals surface area (Å²) in [4.78, 5) is 4.04. The molecule has 0 fully saturated rings. The maximum atomic E-state index is 5.73. The Kier molecular flexibility index (Phi) is 2.29. The second kappa shape index (κ2) is 3.61. The first-order valence-corrected chi connectivity index (χ1v) is 4.55. The van der Waals surface area contributed by atoms with Crippen LogP contribution < -0.4 is 10.5 Å². The summed E-state index contributed by atoms with van der Waals surface area (Å²) < 4.78 is 6.78. The van der Waals surface area contributed by atoms with Crippen LogP contribution in [0, 0.1) is 6.92 Å². The number of rotatable bonds is 2. The molecule has 0 saturated carbocycles. The minimum Gasteiger partial charge on any atom is -0.494 e. The van der Waals surface area contributed by atoms with Gasteiger partial charge in [-0.25, -0.2) is 0 Å². The average molecular weight is 204 g/mol. The Balaban J connectivity index is 2.58. The maximum Gasteiger partial charge on any atom is 0.223 e. The van der Waals surface area contributed by atoms with Crippen LogP contribution in [-0.4, -0.2) is 21.9 Å². The summed E-state index contributed by atoms with van der Waals surface area (Å²) in [6.07, 6.45) is 0. The largest absolute Gasteiger partial charge is 0.494 e. The van der Waals surface area contributed by atoms with Crippen molar-refractivity contribution in [3.63, 3.8) is 0 Å². The van der Waals surface area contributed by atoms with Crippen LogP contribution in [0.1, 0.15) is 5.82 Å². The zero-order valence-corrected chi connectivity index (χ0v) is 8.64.